The molecule has 6 nitrogen and oxygen atoms in total. The number of carbonyl (C=O) groups excluding carboxylic acids is 2. The summed E-state index contributed by atoms with van der Waals surface area (Å²) in [5, 5.41) is 2.54. The van der Waals surface area contributed by atoms with Crippen molar-refractivity contribution < 1.29 is 19.1 Å². The number of hydrogen-bond acceptors (Lipinski definition) is 5. The van der Waals surface area contributed by atoms with Crippen molar-refractivity contribution >= 4 is 11.9 Å². The molecule has 1 aliphatic heterocycles. The second-order valence-electron chi connectivity index (χ2n) is 6.49. The molecule has 0 fully saturated rings. The lowest BCUT2D eigenvalue weighted by Gasteiger charge is -2.35. The van der Waals surface area contributed by atoms with Crippen LogP contribution < -0.4 is 10.1 Å². The van der Waals surface area contributed by atoms with Crippen LogP contribution in [0.1, 0.15) is 16.7 Å². The van der Waals surface area contributed by atoms with E-state index in [0.717, 1.165) is 5.56 Å². The standard InChI is InChI=1S/C21H24N2O4/c1-22-20(24)14-27-19-10-6-5-9-17(19)13-23-12-16-8-4-3-7-15(16)11-18(23)21(25)26-2/h3-10,18H,11-14H2,1-2H3,(H,22,24). The van der Waals surface area contributed by atoms with Crippen LogP contribution in [0.3, 0.4) is 0 Å². The van der Waals surface area contributed by atoms with Gasteiger partial charge in [-0.25, -0.2) is 0 Å². The van der Waals surface area contributed by atoms with E-state index in [1.165, 1.54) is 18.2 Å². The van der Waals surface area contributed by atoms with Crippen molar-refractivity contribution in [1.29, 1.82) is 0 Å². The lowest BCUT2D eigenvalue weighted by molar-refractivity contribution is -0.148. The number of benzene rings is 2. The molecule has 0 saturated carbocycles. The lowest BCUT2D eigenvalue weighted by Crippen LogP contribution is -2.45. The van der Waals surface area contributed by atoms with Gasteiger partial charge in [0, 0.05) is 25.7 Å². The van der Waals surface area contributed by atoms with Crippen molar-refractivity contribution in [3.05, 3.63) is 65.2 Å². The SMILES string of the molecule is CNC(=O)COc1ccccc1CN1Cc2ccccc2CC1C(=O)OC. The van der Waals surface area contributed by atoms with E-state index in [0.29, 0.717) is 25.3 Å². The summed E-state index contributed by atoms with van der Waals surface area (Å²) in [5.74, 6) is 0.209. The lowest BCUT2D eigenvalue weighted by atomic mass is 9.93. The smallest absolute Gasteiger partial charge is 0.323 e. The maximum atomic E-state index is 12.4. The summed E-state index contributed by atoms with van der Waals surface area (Å²) >= 11 is 0. The van der Waals surface area contributed by atoms with Crippen LogP contribution in [0.15, 0.2) is 48.5 Å². The van der Waals surface area contributed by atoms with Crippen LogP contribution >= 0.6 is 0 Å². The minimum Gasteiger partial charge on any atom is -0.483 e. The van der Waals surface area contributed by atoms with Crippen LogP contribution in [0.4, 0.5) is 0 Å². The minimum absolute atomic E-state index is 0.0449. The van der Waals surface area contributed by atoms with Gasteiger partial charge in [0.05, 0.1) is 7.11 Å². The maximum Gasteiger partial charge on any atom is 0.323 e. The molecule has 1 aliphatic rings. The van der Waals surface area contributed by atoms with Gasteiger partial charge in [-0.1, -0.05) is 42.5 Å². The molecule has 142 valence electrons. The van der Waals surface area contributed by atoms with E-state index < -0.39 is 0 Å². The molecule has 2 aromatic carbocycles. The molecular weight excluding hydrogens is 344 g/mol. The molecule has 6 heteroatoms. The Morgan fingerprint density at radius 3 is 2.56 bits per heavy atom. The second-order valence-corrected chi connectivity index (χ2v) is 6.49. The molecule has 0 aromatic heterocycles. The summed E-state index contributed by atoms with van der Waals surface area (Å²) < 4.78 is 10.7. The summed E-state index contributed by atoms with van der Waals surface area (Å²) in [6, 6.07) is 15.4. The zero-order valence-electron chi connectivity index (χ0n) is 15.6. The Morgan fingerprint density at radius 2 is 1.81 bits per heavy atom. The topological polar surface area (TPSA) is 67.9 Å². The molecule has 0 saturated heterocycles. The summed E-state index contributed by atoms with van der Waals surface area (Å²) in [6.45, 7) is 1.13. The van der Waals surface area contributed by atoms with Crippen LogP contribution in [0.25, 0.3) is 0 Å². The molecule has 1 heterocycles. The number of nitrogens with one attached hydrogen (secondary N) is 1. The highest BCUT2D eigenvalue weighted by molar-refractivity contribution is 5.77. The van der Waals surface area contributed by atoms with Gasteiger partial charge in [0.15, 0.2) is 6.61 Å². The highest BCUT2D eigenvalue weighted by atomic mass is 16.5. The summed E-state index contributed by atoms with van der Waals surface area (Å²) in [7, 11) is 2.99. The fraction of sp³-hybridized carbons (Fsp3) is 0.333. The van der Waals surface area contributed by atoms with Crippen molar-refractivity contribution in [2.24, 2.45) is 0 Å². The molecule has 0 radical (unpaired) electrons. The number of likely N-dealkylation sites (N-methyl/N-ethyl adjacent to an activating group) is 1. The van der Waals surface area contributed by atoms with Crippen LogP contribution in [0.5, 0.6) is 5.75 Å². The molecule has 0 bridgehead atoms. The molecule has 3 rings (SSSR count). The molecule has 1 amide bonds. The highest BCUT2D eigenvalue weighted by Crippen LogP contribution is 2.28. The number of fused-ring (bicyclic) bond motifs is 1. The van der Waals surface area contributed by atoms with Gasteiger partial charge in [0.1, 0.15) is 11.8 Å². The number of carbonyl (C=O) groups is 2. The van der Waals surface area contributed by atoms with Crippen molar-refractivity contribution in [2.45, 2.75) is 25.6 Å². The molecular formula is C21H24N2O4. The quantitative estimate of drug-likeness (QED) is 0.789. The second kappa shape index (κ2) is 8.68. The summed E-state index contributed by atoms with van der Waals surface area (Å²) in [5.41, 5.74) is 3.31. The van der Waals surface area contributed by atoms with Gasteiger partial charge in [0.25, 0.3) is 5.91 Å². The Balaban J connectivity index is 1.82. The Morgan fingerprint density at radius 1 is 1.11 bits per heavy atom. The monoisotopic (exact) mass is 368 g/mol. The molecule has 0 spiro atoms. The number of ether oxygens (including phenoxy) is 2. The van der Waals surface area contributed by atoms with E-state index in [4.69, 9.17) is 9.47 Å². The van der Waals surface area contributed by atoms with Crippen LogP contribution in [0, 0.1) is 0 Å². The Bertz CT molecular complexity index is 821. The van der Waals surface area contributed by atoms with Gasteiger partial charge >= 0.3 is 5.97 Å². The van der Waals surface area contributed by atoms with Gasteiger partial charge in [-0.3, -0.25) is 14.5 Å². The summed E-state index contributed by atoms with van der Waals surface area (Å²) in [4.78, 5) is 26.0. The van der Waals surface area contributed by atoms with E-state index in [2.05, 4.69) is 22.3 Å². The molecule has 0 aliphatic carbocycles. The zero-order valence-corrected chi connectivity index (χ0v) is 15.6. The Labute approximate surface area is 159 Å². The Kier molecular flexibility index (Phi) is 6.08. The van der Waals surface area contributed by atoms with Gasteiger partial charge in [-0.2, -0.15) is 0 Å². The van der Waals surface area contributed by atoms with Crippen molar-refractivity contribution in [3.63, 3.8) is 0 Å². The van der Waals surface area contributed by atoms with Gasteiger partial charge < -0.3 is 14.8 Å². The van der Waals surface area contributed by atoms with Gasteiger partial charge in [-0.05, 0) is 23.6 Å². The number of hydrogen-bond donors (Lipinski definition) is 1. The average molecular weight is 368 g/mol. The van der Waals surface area contributed by atoms with Crippen LogP contribution in [-0.4, -0.2) is 43.6 Å². The Hall–Kier alpha value is -2.86. The molecule has 2 aromatic rings. The first-order valence-corrected chi connectivity index (χ1v) is 8.92. The fourth-order valence-corrected chi connectivity index (χ4v) is 3.32. The largest absolute Gasteiger partial charge is 0.483 e. The first-order chi connectivity index (χ1) is 13.1. The van der Waals surface area contributed by atoms with E-state index in [9.17, 15) is 9.59 Å². The third-order valence-electron chi connectivity index (χ3n) is 4.80. The van der Waals surface area contributed by atoms with E-state index in [1.807, 2.05) is 36.4 Å². The number of rotatable bonds is 6. The number of amides is 1. The third-order valence-corrected chi connectivity index (χ3v) is 4.80. The van der Waals surface area contributed by atoms with E-state index >= 15 is 0 Å². The van der Waals surface area contributed by atoms with Crippen LogP contribution in [-0.2, 0) is 33.8 Å². The minimum atomic E-state index is -0.350. The van der Waals surface area contributed by atoms with Crippen molar-refractivity contribution in [3.8, 4) is 5.75 Å². The maximum absolute atomic E-state index is 12.4. The van der Waals surface area contributed by atoms with E-state index in [-0.39, 0.29) is 24.5 Å². The number of methoxy groups -OCH3 is 1. The molecule has 1 unspecified atom stereocenters. The average Bonchev–Trinajstić information content (AvgIpc) is 2.71. The van der Waals surface area contributed by atoms with Crippen molar-refractivity contribution in [1.82, 2.24) is 10.2 Å². The number of para-hydroxylation sites is 1. The zero-order chi connectivity index (χ0) is 19.2. The predicted octanol–water partition coefficient (Wildman–Crippen LogP) is 1.91. The molecule has 1 N–H and O–H groups in total. The highest BCUT2D eigenvalue weighted by Gasteiger charge is 2.32. The predicted molar refractivity (Wildman–Crippen MR) is 101 cm³/mol. The van der Waals surface area contributed by atoms with Crippen molar-refractivity contribution in [2.75, 3.05) is 20.8 Å². The molecule has 1 atom stereocenters. The van der Waals surface area contributed by atoms with Gasteiger partial charge in [0.2, 0.25) is 0 Å². The molecule has 27 heavy (non-hydrogen) atoms. The first kappa shape index (κ1) is 18.9. The van der Waals surface area contributed by atoms with E-state index in [1.54, 1.807) is 7.05 Å². The van der Waals surface area contributed by atoms with Gasteiger partial charge in [-0.15, -0.1) is 0 Å². The summed E-state index contributed by atoms with van der Waals surface area (Å²) in [6.07, 6.45) is 0.615. The number of esters is 1. The third kappa shape index (κ3) is 4.46. The van der Waals surface area contributed by atoms with Crippen LogP contribution in [0.2, 0.25) is 0 Å². The normalized spacial score (nSPS) is 16.3. The first-order valence-electron chi connectivity index (χ1n) is 8.92. The fourth-order valence-electron chi connectivity index (χ4n) is 3.32. The number of nitrogens with zero attached hydrogens (tertiary/aromatic N) is 1.